The Kier molecular flexibility index (Phi) is 5.01. The molecule has 1 aromatic carbocycles. The number of carbonyl (C=O) groups excluding carboxylic acids is 1. The first-order valence-electron chi connectivity index (χ1n) is 7.43. The van der Waals surface area contributed by atoms with Crippen LogP contribution >= 0.6 is 0 Å². The van der Waals surface area contributed by atoms with Crippen molar-refractivity contribution in [2.75, 3.05) is 7.11 Å². The minimum atomic E-state index is -1.57. The third-order valence-corrected chi connectivity index (χ3v) is 4.53. The Morgan fingerprint density at radius 1 is 1.24 bits per heavy atom. The van der Waals surface area contributed by atoms with Crippen LogP contribution in [0.25, 0.3) is 6.08 Å². The molecule has 1 aliphatic rings. The summed E-state index contributed by atoms with van der Waals surface area (Å²) in [5.74, 6) is 1.03. The standard InChI is InChI=1S/C17H24O3Si/c1-19-17-8-6-5-7-13(17)11-14-12-15(9-10-16(14)18)20-21(2,3)4/h5-8,11,15H,9-10,12H2,1-4H3/b14-11-. The molecule has 0 spiro atoms. The lowest BCUT2D eigenvalue weighted by atomic mass is 9.90. The van der Waals surface area contributed by atoms with E-state index in [1.54, 1.807) is 7.11 Å². The van der Waals surface area contributed by atoms with Gasteiger partial charge in [0.2, 0.25) is 0 Å². The average Bonchev–Trinajstić information content (AvgIpc) is 2.41. The van der Waals surface area contributed by atoms with Crippen molar-refractivity contribution in [3.8, 4) is 5.75 Å². The van der Waals surface area contributed by atoms with Crippen LogP contribution in [-0.4, -0.2) is 27.3 Å². The van der Waals surface area contributed by atoms with E-state index >= 15 is 0 Å². The summed E-state index contributed by atoms with van der Waals surface area (Å²) < 4.78 is 11.5. The van der Waals surface area contributed by atoms with E-state index in [4.69, 9.17) is 9.16 Å². The molecule has 21 heavy (non-hydrogen) atoms. The Hall–Kier alpha value is -1.39. The van der Waals surface area contributed by atoms with Gasteiger partial charge < -0.3 is 9.16 Å². The molecule has 0 N–H and O–H groups in total. The predicted octanol–water partition coefficient (Wildman–Crippen LogP) is 4.05. The van der Waals surface area contributed by atoms with Gasteiger partial charge in [0, 0.05) is 24.5 Å². The van der Waals surface area contributed by atoms with Crippen LogP contribution in [0.15, 0.2) is 29.8 Å². The van der Waals surface area contributed by atoms with Crippen LogP contribution in [0.1, 0.15) is 24.8 Å². The van der Waals surface area contributed by atoms with Crippen LogP contribution in [0.5, 0.6) is 5.75 Å². The van der Waals surface area contributed by atoms with Crippen molar-refractivity contribution in [3.63, 3.8) is 0 Å². The fraction of sp³-hybridized carbons (Fsp3) is 0.471. The number of carbonyl (C=O) groups is 1. The zero-order valence-electron chi connectivity index (χ0n) is 13.3. The van der Waals surface area contributed by atoms with Crippen molar-refractivity contribution in [1.82, 2.24) is 0 Å². The van der Waals surface area contributed by atoms with E-state index in [0.717, 1.165) is 23.3 Å². The Balaban J connectivity index is 2.20. The molecule has 0 aromatic heterocycles. The van der Waals surface area contributed by atoms with Gasteiger partial charge >= 0.3 is 0 Å². The van der Waals surface area contributed by atoms with Gasteiger partial charge in [0.25, 0.3) is 0 Å². The zero-order chi connectivity index (χ0) is 15.5. The molecule has 4 heteroatoms. The van der Waals surface area contributed by atoms with Gasteiger partial charge in [-0.1, -0.05) is 18.2 Å². The summed E-state index contributed by atoms with van der Waals surface area (Å²) >= 11 is 0. The van der Waals surface area contributed by atoms with Crippen molar-refractivity contribution in [1.29, 1.82) is 0 Å². The average molecular weight is 304 g/mol. The Bertz CT molecular complexity index is 543. The minimum Gasteiger partial charge on any atom is -0.496 e. The second kappa shape index (κ2) is 6.58. The second-order valence-corrected chi connectivity index (χ2v) is 10.9. The quantitative estimate of drug-likeness (QED) is 0.622. The smallest absolute Gasteiger partial charge is 0.184 e. The van der Waals surface area contributed by atoms with Gasteiger partial charge in [-0.2, -0.15) is 0 Å². The first kappa shape index (κ1) is 16.0. The summed E-state index contributed by atoms with van der Waals surface area (Å²) in [6.45, 7) is 6.56. The highest BCUT2D eigenvalue weighted by Crippen LogP contribution is 2.29. The molecule has 3 nitrogen and oxygen atoms in total. The van der Waals surface area contributed by atoms with Crippen molar-refractivity contribution >= 4 is 20.2 Å². The number of ketones is 1. The fourth-order valence-corrected chi connectivity index (χ4v) is 3.83. The lowest BCUT2D eigenvalue weighted by Crippen LogP contribution is -2.35. The number of hydrogen-bond acceptors (Lipinski definition) is 3. The third-order valence-electron chi connectivity index (χ3n) is 3.49. The van der Waals surface area contributed by atoms with Crippen molar-refractivity contribution < 1.29 is 14.0 Å². The van der Waals surface area contributed by atoms with E-state index in [2.05, 4.69) is 19.6 Å². The molecular weight excluding hydrogens is 280 g/mol. The van der Waals surface area contributed by atoms with Crippen LogP contribution in [0, 0.1) is 0 Å². The molecule has 1 aromatic rings. The predicted molar refractivity (Wildman–Crippen MR) is 88.0 cm³/mol. The summed E-state index contributed by atoms with van der Waals surface area (Å²) in [6.07, 6.45) is 4.26. The lowest BCUT2D eigenvalue weighted by molar-refractivity contribution is -0.117. The van der Waals surface area contributed by atoms with Crippen LogP contribution in [-0.2, 0) is 9.22 Å². The molecule has 0 saturated heterocycles. The monoisotopic (exact) mass is 304 g/mol. The normalized spacial score (nSPS) is 21.6. The van der Waals surface area contributed by atoms with Gasteiger partial charge in [-0.3, -0.25) is 4.79 Å². The zero-order valence-corrected chi connectivity index (χ0v) is 14.3. The number of ether oxygens (including phenoxy) is 1. The summed E-state index contributed by atoms with van der Waals surface area (Å²) in [5, 5.41) is 0. The van der Waals surface area contributed by atoms with Crippen LogP contribution in [0.4, 0.5) is 0 Å². The van der Waals surface area contributed by atoms with Crippen molar-refractivity contribution in [2.45, 2.75) is 45.0 Å². The van der Waals surface area contributed by atoms with Gasteiger partial charge in [-0.25, -0.2) is 0 Å². The summed E-state index contributed by atoms with van der Waals surface area (Å²) in [7, 11) is 0.0807. The largest absolute Gasteiger partial charge is 0.496 e. The molecule has 2 rings (SSSR count). The maximum atomic E-state index is 12.2. The Morgan fingerprint density at radius 3 is 2.62 bits per heavy atom. The van der Waals surface area contributed by atoms with E-state index in [1.165, 1.54) is 0 Å². The van der Waals surface area contributed by atoms with E-state index in [0.29, 0.717) is 12.8 Å². The van der Waals surface area contributed by atoms with Gasteiger partial charge in [-0.05, 0) is 43.8 Å². The van der Waals surface area contributed by atoms with Gasteiger partial charge in [0.05, 0.1) is 7.11 Å². The summed E-state index contributed by atoms with van der Waals surface area (Å²) in [5.41, 5.74) is 1.81. The van der Waals surface area contributed by atoms with Crippen LogP contribution < -0.4 is 4.74 Å². The van der Waals surface area contributed by atoms with E-state index in [-0.39, 0.29) is 11.9 Å². The molecule has 114 valence electrons. The topological polar surface area (TPSA) is 35.5 Å². The summed E-state index contributed by atoms with van der Waals surface area (Å²) in [6, 6.07) is 7.77. The van der Waals surface area contributed by atoms with E-state index in [9.17, 15) is 4.79 Å². The lowest BCUT2D eigenvalue weighted by Gasteiger charge is -2.30. The molecule has 1 atom stereocenters. The molecule has 0 bridgehead atoms. The Labute approximate surface area is 128 Å². The number of benzene rings is 1. The first-order valence-corrected chi connectivity index (χ1v) is 10.8. The molecule has 0 aliphatic heterocycles. The maximum Gasteiger partial charge on any atom is 0.184 e. The van der Waals surface area contributed by atoms with Crippen LogP contribution in [0.2, 0.25) is 19.6 Å². The minimum absolute atomic E-state index is 0.176. The van der Waals surface area contributed by atoms with E-state index in [1.807, 2.05) is 30.3 Å². The van der Waals surface area contributed by atoms with E-state index < -0.39 is 8.32 Å². The van der Waals surface area contributed by atoms with Gasteiger partial charge in [0.15, 0.2) is 14.1 Å². The molecule has 0 amide bonds. The van der Waals surface area contributed by atoms with Crippen LogP contribution in [0.3, 0.4) is 0 Å². The first-order chi connectivity index (χ1) is 9.89. The molecule has 1 unspecified atom stereocenters. The second-order valence-electron chi connectivity index (χ2n) is 6.43. The highest BCUT2D eigenvalue weighted by molar-refractivity contribution is 6.69. The highest BCUT2D eigenvalue weighted by atomic mass is 28.4. The molecule has 1 aliphatic carbocycles. The molecule has 0 radical (unpaired) electrons. The molecular formula is C17H24O3Si. The molecule has 1 fully saturated rings. The van der Waals surface area contributed by atoms with Crippen molar-refractivity contribution in [3.05, 3.63) is 35.4 Å². The molecule has 1 saturated carbocycles. The molecule has 0 heterocycles. The number of rotatable bonds is 4. The number of Topliss-reactive ketones (excluding diaryl/α,β-unsaturated/α-hetero) is 1. The van der Waals surface area contributed by atoms with Gasteiger partial charge in [0.1, 0.15) is 5.75 Å². The number of methoxy groups -OCH3 is 1. The van der Waals surface area contributed by atoms with Gasteiger partial charge in [-0.15, -0.1) is 0 Å². The highest BCUT2D eigenvalue weighted by Gasteiger charge is 2.28. The third kappa shape index (κ3) is 4.54. The maximum absolute atomic E-state index is 12.2. The number of para-hydroxylation sites is 1. The SMILES string of the molecule is COc1ccccc1/C=C1/CC(O[Si](C)(C)C)CCC1=O. The van der Waals surface area contributed by atoms with Crippen molar-refractivity contribution in [2.24, 2.45) is 0 Å². The summed E-state index contributed by atoms with van der Waals surface area (Å²) in [4.78, 5) is 12.2. The number of hydrogen-bond donors (Lipinski definition) is 0. The fourth-order valence-electron chi connectivity index (χ4n) is 2.63. The Morgan fingerprint density at radius 2 is 1.95 bits per heavy atom.